The monoisotopic (exact) mass is 457 g/mol. The first kappa shape index (κ1) is 21.8. The first-order chi connectivity index (χ1) is 15.4. The van der Waals surface area contributed by atoms with Crippen LogP contribution in [0.3, 0.4) is 0 Å². The molecule has 11 nitrogen and oxygen atoms in total. The molecule has 2 aromatic heterocycles. The molecule has 0 saturated heterocycles. The number of hydrogen-bond donors (Lipinski definition) is 3. The SMILES string of the molecule is CS(=O)(=O)NCCNC(=O)Cc1nnc(-c2cnc(NC3Cc4ccccc4C3)nc2)o1. The number of anilines is 1. The second kappa shape index (κ2) is 9.40. The minimum atomic E-state index is -3.29. The van der Waals surface area contributed by atoms with E-state index in [0.29, 0.717) is 11.5 Å². The highest BCUT2D eigenvalue weighted by molar-refractivity contribution is 7.88. The zero-order valence-corrected chi connectivity index (χ0v) is 18.2. The maximum absolute atomic E-state index is 11.9. The lowest BCUT2D eigenvalue weighted by atomic mass is 10.1. The molecule has 3 N–H and O–H groups in total. The molecular formula is C20H23N7O4S. The second-order valence-corrected chi connectivity index (χ2v) is 9.34. The summed E-state index contributed by atoms with van der Waals surface area (Å²) in [6, 6.07) is 8.62. The number of sulfonamides is 1. The number of amides is 1. The molecule has 0 fully saturated rings. The Bertz CT molecular complexity index is 1170. The zero-order chi connectivity index (χ0) is 22.6. The van der Waals surface area contributed by atoms with Gasteiger partial charge in [0.1, 0.15) is 6.42 Å². The lowest BCUT2D eigenvalue weighted by Crippen LogP contribution is -2.34. The highest BCUT2D eigenvalue weighted by Gasteiger charge is 2.21. The summed E-state index contributed by atoms with van der Waals surface area (Å²) in [5.41, 5.74) is 3.23. The number of carbonyl (C=O) groups is 1. The summed E-state index contributed by atoms with van der Waals surface area (Å²) >= 11 is 0. The summed E-state index contributed by atoms with van der Waals surface area (Å²) in [5, 5.41) is 13.7. The summed E-state index contributed by atoms with van der Waals surface area (Å²) in [6.07, 6.45) is 5.97. The first-order valence-electron chi connectivity index (χ1n) is 10.1. The third-order valence-corrected chi connectivity index (χ3v) is 5.60. The lowest BCUT2D eigenvalue weighted by Gasteiger charge is -2.11. The van der Waals surface area contributed by atoms with Gasteiger partial charge < -0.3 is 15.1 Å². The van der Waals surface area contributed by atoms with Gasteiger partial charge in [0.25, 0.3) is 5.89 Å². The molecule has 168 valence electrons. The molecule has 0 unspecified atom stereocenters. The highest BCUT2D eigenvalue weighted by atomic mass is 32.2. The Labute approximate surface area is 185 Å². The standard InChI is InChI=1S/C20H23N7O4S/c1-32(29,30)24-7-6-21-17(28)10-18-26-27-19(31-18)15-11-22-20(23-12-15)25-16-8-13-4-2-3-5-14(13)9-16/h2-5,11-12,16,24H,6-10H2,1H3,(H,21,28)(H,22,23,25). The summed E-state index contributed by atoms with van der Waals surface area (Å²) < 4.78 is 29.8. The largest absolute Gasteiger partial charge is 0.420 e. The summed E-state index contributed by atoms with van der Waals surface area (Å²) in [6.45, 7) is 0.256. The van der Waals surface area contributed by atoms with Crippen LogP contribution >= 0.6 is 0 Å². The van der Waals surface area contributed by atoms with Gasteiger partial charge in [-0.1, -0.05) is 24.3 Å². The Hall–Kier alpha value is -3.38. The van der Waals surface area contributed by atoms with E-state index in [2.05, 4.69) is 47.7 Å². The first-order valence-corrected chi connectivity index (χ1v) is 11.9. The molecule has 1 amide bonds. The predicted octanol–water partition coefficient (Wildman–Crippen LogP) is 0.314. The van der Waals surface area contributed by atoms with Crippen molar-refractivity contribution in [2.45, 2.75) is 25.3 Å². The molecule has 1 aliphatic carbocycles. The fourth-order valence-electron chi connectivity index (χ4n) is 3.44. The number of carbonyl (C=O) groups excluding carboxylic acids is 1. The van der Waals surface area contributed by atoms with Crippen LogP contribution in [-0.4, -0.2) is 59.9 Å². The Morgan fingerprint density at radius 3 is 2.44 bits per heavy atom. The van der Waals surface area contributed by atoms with E-state index in [0.717, 1.165) is 19.1 Å². The van der Waals surface area contributed by atoms with Crippen LogP contribution in [0.1, 0.15) is 17.0 Å². The van der Waals surface area contributed by atoms with Gasteiger partial charge in [0, 0.05) is 31.5 Å². The molecule has 0 atom stereocenters. The molecule has 4 rings (SSSR count). The van der Waals surface area contributed by atoms with Crippen LogP contribution in [0.25, 0.3) is 11.5 Å². The number of nitrogens with one attached hydrogen (secondary N) is 3. The van der Waals surface area contributed by atoms with Crippen LogP contribution in [0.4, 0.5) is 5.95 Å². The third-order valence-electron chi connectivity index (χ3n) is 4.87. The molecule has 12 heteroatoms. The van der Waals surface area contributed by atoms with E-state index in [4.69, 9.17) is 4.42 Å². The average Bonchev–Trinajstić information content (AvgIpc) is 3.37. The van der Waals surface area contributed by atoms with Gasteiger partial charge in [0.2, 0.25) is 27.8 Å². The van der Waals surface area contributed by atoms with Crippen molar-refractivity contribution in [1.82, 2.24) is 30.2 Å². The topological polar surface area (TPSA) is 152 Å². The second-order valence-electron chi connectivity index (χ2n) is 7.51. The summed E-state index contributed by atoms with van der Waals surface area (Å²) in [5.74, 6) is 0.517. The molecule has 0 bridgehead atoms. The Balaban J connectivity index is 1.27. The predicted molar refractivity (Wildman–Crippen MR) is 116 cm³/mol. The quantitative estimate of drug-likeness (QED) is 0.386. The van der Waals surface area contributed by atoms with Gasteiger partial charge in [-0.05, 0) is 24.0 Å². The van der Waals surface area contributed by atoms with Gasteiger partial charge in [-0.15, -0.1) is 10.2 Å². The van der Waals surface area contributed by atoms with Crippen LogP contribution in [0.5, 0.6) is 0 Å². The molecule has 0 radical (unpaired) electrons. The Morgan fingerprint density at radius 1 is 1.09 bits per heavy atom. The van der Waals surface area contributed by atoms with Crippen LogP contribution in [0.15, 0.2) is 41.1 Å². The fraction of sp³-hybridized carbons (Fsp3) is 0.350. The van der Waals surface area contributed by atoms with Crippen LogP contribution < -0.4 is 15.4 Å². The van der Waals surface area contributed by atoms with Gasteiger partial charge >= 0.3 is 0 Å². The smallest absolute Gasteiger partial charge is 0.250 e. The Kier molecular flexibility index (Phi) is 6.42. The number of nitrogens with zero attached hydrogens (tertiary/aromatic N) is 4. The molecule has 2 heterocycles. The number of hydrogen-bond acceptors (Lipinski definition) is 9. The van der Waals surface area contributed by atoms with E-state index in [1.165, 1.54) is 11.1 Å². The van der Waals surface area contributed by atoms with Crippen LogP contribution in [-0.2, 0) is 34.1 Å². The van der Waals surface area contributed by atoms with E-state index in [1.807, 2.05) is 12.1 Å². The molecule has 1 aliphatic rings. The fourth-order valence-corrected chi connectivity index (χ4v) is 3.91. The molecular weight excluding hydrogens is 434 g/mol. The number of aromatic nitrogens is 4. The van der Waals surface area contributed by atoms with Gasteiger partial charge in [0.05, 0.1) is 11.8 Å². The van der Waals surface area contributed by atoms with E-state index in [-0.39, 0.29) is 43.2 Å². The van der Waals surface area contributed by atoms with E-state index in [9.17, 15) is 13.2 Å². The molecule has 1 aromatic carbocycles. The summed E-state index contributed by atoms with van der Waals surface area (Å²) in [7, 11) is -3.29. The van der Waals surface area contributed by atoms with Crippen molar-refractivity contribution >= 4 is 21.9 Å². The van der Waals surface area contributed by atoms with Gasteiger partial charge in [-0.25, -0.2) is 23.1 Å². The minimum absolute atomic E-state index is 0.102. The van der Waals surface area contributed by atoms with E-state index >= 15 is 0 Å². The lowest BCUT2D eigenvalue weighted by molar-refractivity contribution is -0.120. The number of rotatable bonds is 9. The molecule has 0 saturated carbocycles. The minimum Gasteiger partial charge on any atom is -0.420 e. The Morgan fingerprint density at radius 2 is 1.78 bits per heavy atom. The van der Waals surface area contributed by atoms with E-state index < -0.39 is 10.0 Å². The van der Waals surface area contributed by atoms with Crippen molar-refractivity contribution in [2.75, 3.05) is 24.7 Å². The molecule has 32 heavy (non-hydrogen) atoms. The number of fused-ring (bicyclic) bond motifs is 1. The molecule has 3 aromatic rings. The van der Waals surface area contributed by atoms with Crippen LogP contribution in [0, 0.1) is 0 Å². The van der Waals surface area contributed by atoms with Gasteiger partial charge in [-0.2, -0.15) is 0 Å². The van der Waals surface area contributed by atoms with Crippen molar-refractivity contribution in [1.29, 1.82) is 0 Å². The summed E-state index contributed by atoms with van der Waals surface area (Å²) in [4.78, 5) is 20.6. The maximum Gasteiger partial charge on any atom is 0.250 e. The molecule has 0 aliphatic heterocycles. The van der Waals surface area contributed by atoms with Gasteiger partial charge in [0.15, 0.2) is 0 Å². The average molecular weight is 458 g/mol. The van der Waals surface area contributed by atoms with Gasteiger partial charge in [-0.3, -0.25) is 4.79 Å². The van der Waals surface area contributed by atoms with Crippen LogP contribution in [0.2, 0.25) is 0 Å². The zero-order valence-electron chi connectivity index (χ0n) is 17.4. The third kappa shape index (κ3) is 5.86. The normalized spacial score (nSPS) is 13.7. The van der Waals surface area contributed by atoms with Crippen molar-refractivity contribution < 1.29 is 17.6 Å². The van der Waals surface area contributed by atoms with Crippen molar-refractivity contribution in [3.63, 3.8) is 0 Å². The van der Waals surface area contributed by atoms with Crippen molar-refractivity contribution in [2.24, 2.45) is 0 Å². The molecule has 0 spiro atoms. The number of benzene rings is 1. The van der Waals surface area contributed by atoms with Crippen molar-refractivity contribution in [3.8, 4) is 11.5 Å². The van der Waals surface area contributed by atoms with Crippen molar-refractivity contribution in [3.05, 3.63) is 53.7 Å². The highest BCUT2D eigenvalue weighted by Crippen LogP contribution is 2.24. The maximum atomic E-state index is 11.9. The van der Waals surface area contributed by atoms with E-state index in [1.54, 1.807) is 12.4 Å².